The highest BCUT2D eigenvalue weighted by Crippen LogP contribution is 2.26. The van der Waals surface area contributed by atoms with Gasteiger partial charge in [-0.05, 0) is 49.9 Å². The molecule has 7 nitrogen and oxygen atoms in total. The lowest BCUT2D eigenvalue weighted by Gasteiger charge is -2.06. The number of carbonyl (C=O) groups excluding carboxylic acids is 2. The molecule has 0 saturated heterocycles. The molecule has 7 heteroatoms. The molecule has 2 heterocycles. The van der Waals surface area contributed by atoms with Gasteiger partial charge in [0.05, 0.1) is 5.69 Å². The van der Waals surface area contributed by atoms with Crippen molar-refractivity contribution in [2.24, 2.45) is 0 Å². The summed E-state index contributed by atoms with van der Waals surface area (Å²) in [4.78, 5) is 28.9. The summed E-state index contributed by atoms with van der Waals surface area (Å²) in [6.07, 6.45) is 6.43. The monoisotopic (exact) mass is 375 g/mol. The Morgan fingerprint density at radius 2 is 1.61 bits per heavy atom. The van der Waals surface area contributed by atoms with Gasteiger partial charge in [0.15, 0.2) is 5.69 Å². The SMILES string of the molecule is O=C(NNC(=O)c1nn(-c2ccccc2)c2c1CCCCC2)c1ccccn1. The van der Waals surface area contributed by atoms with Crippen LogP contribution in [-0.2, 0) is 12.8 Å². The van der Waals surface area contributed by atoms with E-state index in [1.54, 1.807) is 18.2 Å². The number of rotatable bonds is 3. The lowest BCUT2D eigenvalue weighted by Crippen LogP contribution is -2.42. The smallest absolute Gasteiger partial charge is 0.266 e. The summed E-state index contributed by atoms with van der Waals surface area (Å²) in [5, 5.41) is 4.59. The van der Waals surface area contributed by atoms with Crippen LogP contribution in [0.4, 0.5) is 0 Å². The molecule has 0 spiro atoms. The van der Waals surface area contributed by atoms with Crippen LogP contribution in [-0.4, -0.2) is 26.6 Å². The van der Waals surface area contributed by atoms with Crippen molar-refractivity contribution in [2.45, 2.75) is 32.1 Å². The van der Waals surface area contributed by atoms with E-state index in [0.717, 1.165) is 49.0 Å². The van der Waals surface area contributed by atoms with Gasteiger partial charge < -0.3 is 0 Å². The highest BCUT2D eigenvalue weighted by atomic mass is 16.2. The summed E-state index contributed by atoms with van der Waals surface area (Å²) in [5.74, 6) is -0.889. The Labute approximate surface area is 162 Å². The van der Waals surface area contributed by atoms with Crippen LogP contribution in [0.15, 0.2) is 54.7 Å². The van der Waals surface area contributed by atoms with E-state index in [4.69, 9.17) is 0 Å². The topological polar surface area (TPSA) is 88.9 Å². The van der Waals surface area contributed by atoms with Crippen molar-refractivity contribution in [3.05, 3.63) is 77.4 Å². The van der Waals surface area contributed by atoms with E-state index in [-0.39, 0.29) is 5.69 Å². The third-order valence-corrected chi connectivity index (χ3v) is 4.83. The lowest BCUT2D eigenvalue weighted by molar-refractivity contribution is 0.0840. The second kappa shape index (κ2) is 8.04. The zero-order valence-electron chi connectivity index (χ0n) is 15.4. The van der Waals surface area contributed by atoms with Gasteiger partial charge in [0.2, 0.25) is 0 Å². The molecule has 0 radical (unpaired) electrons. The maximum absolute atomic E-state index is 12.8. The first-order chi connectivity index (χ1) is 13.7. The second-order valence-electron chi connectivity index (χ2n) is 6.71. The predicted molar refractivity (Wildman–Crippen MR) is 104 cm³/mol. The first-order valence-electron chi connectivity index (χ1n) is 9.42. The molecule has 1 aromatic carbocycles. The Morgan fingerprint density at radius 1 is 0.857 bits per heavy atom. The highest BCUT2D eigenvalue weighted by Gasteiger charge is 2.25. The maximum Gasteiger partial charge on any atom is 0.290 e. The van der Waals surface area contributed by atoms with Gasteiger partial charge in [0, 0.05) is 17.5 Å². The van der Waals surface area contributed by atoms with Crippen LogP contribution in [0.2, 0.25) is 0 Å². The van der Waals surface area contributed by atoms with Gasteiger partial charge in [-0.3, -0.25) is 25.4 Å². The van der Waals surface area contributed by atoms with Gasteiger partial charge in [0.1, 0.15) is 5.69 Å². The summed E-state index contributed by atoms with van der Waals surface area (Å²) in [6.45, 7) is 0. The average molecular weight is 375 g/mol. The minimum atomic E-state index is -0.470. The Morgan fingerprint density at radius 3 is 2.39 bits per heavy atom. The van der Waals surface area contributed by atoms with Crippen molar-refractivity contribution >= 4 is 11.8 Å². The van der Waals surface area contributed by atoms with Crippen molar-refractivity contribution in [1.82, 2.24) is 25.6 Å². The molecule has 1 aliphatic carbocycles. The fourth-order valence-corrected chi connectivity index (χ4v) is 3.47. The van der Waals surface area contributed by atoms with E-state index in [0.29, 0.717) is 5.69 Å². The van der Waals surface area contributed by atoms with E-state index in [1.807, 2.05) is 35.0 Å². The Hall–Kier alpha value is -3.48. The van der Waals surface area contributed by atoms with Crippen LogP contribution in [0.1, 0.15) is 51.5 Å². The molecule has 142 valence electrons. The van der Waals surface area contributed by atoms with Gasteiger partial charge in [0.25, 0.3) is 11.8 Å². The average Bonchev–Trinajstić information content (AvgIpc) is 2.94. The number of carbonyl (C=O) groups is 2. The molecule has 0 aliphatic heterocycles. The van der Waals surface area contributed by atoms with E-state index < -0.39 is 11.8 Å². The fourth-order valence-electron chi connectivity index (χ4n) is 3.47. The molecule has 4 rings (SSSR count). The molecule has 0 atom stereocenters. The van der Waals surface area contributed by atoms with Crippen molar-refractivity contribution in [2.75, 3.05) is 0 Å². The lowest BCUT2D eigenvalue weighted by atomic mass is 10.1. The third-order valence-electron chi connectivity index (χ3n) is 4.83. The van der Waals surface area contributed by atoms with E-state index in [9.17, 15) is 9.59 Å². The number of nitrogens with zero attached hydrogens (tertiary/aromatic N) is 3. The minimum Gasteiger partial charge on any atom is -0.266 e. The van der Waals surface area contributed by atoms with Crippen molar-refractivity contribution in [3.8, 4) is 5.69 Å². The fraction of sp³-hybridized carbons (Fsp3) is 0.238. The normalized spacial score (nSPS) is 13.3. The summed E-state index contributed by atoms with van der Waals surface area (Å²) in [7, 11) is 0. The summed E-state index contributed by atoms with van der Waals surface area (Å²) >= 11 is 0. The molecule has 0 unspecified atom stereocenters. The summed E-state index contributed by atoms with van der Waals surface area (Å²) < 4.78 is 1.86. The molecule has 2 aromatic heterocycles. The second-order valence-corrected chi connectivity index (χ2v) is 6.71. The number of aromatic nitrogens is 3. The van der Waals surface area contributed by atoms with Gasteiger partial charge >= 0.3 is 0 Å². The molecular formula is C21H21N5O2. The summed E-state index contributed by atoms with van der Waals surface area (Å²) in [6, 6.07) is 14.8. The molecule has 28 heavy (non-hydrogen) atoms. The van der Waals surface area contributed by atoms with Crippen LogP contribution in [0.5, 0.6) is 0 Å². The molecule has 1 aliphatic rings. The number of benzene rings is 1. The first kappa shape index (κ1) is 17.9. The Balaban J connectivity index is 1.59. The maximum atomic E-state index is 12.8. The molecule has 3 aromatic rings. The van der Waals surface area contributed by atoms with Gasteiger partial charge in [-0.1, -0.05) is 30.7 Å². The van der Waals surface area contributed by atoms with Crippen molar-refractivity contribution < 1.29 is 9.59 Å². The quantitative estimate of drug-likeness (QED) is 0.544. The first-order valence-corrected chi connectivity index (χ1v) is 9.42. The highest BCUT2D eigenvalue weighted by molar-refractivity contribution is 5.98. The van der Waals surface area contributed by atoms with Crippen molar-refractivity contribution in [3.63, 3.8) is 0 Å². The third kappa shape index (κ3) is 3.64. The van der Waals surface area contributed by atoms with E-state index in [1.165, 1.54) is 6.20 Å². The standard InChI is InChI=1S/C21H21N5O2/c27-20(17-12-7-8-14-22-17)23-24-21(28)19-16-11-5-2-6-13-18(16)26(25-19)15-9-3-1-4-10-15/h1,3-4,7-10,12,14H,2,5-6,11,13H2,(H,23,27)(H,24,28). The van der Waals surface area contributed by atoms with Crippen molar-refractivity contribution in [1.29, 1.82) is 0 Å². The molecule has 0 fully saturated rings. The zero-order valence-corrected chi connectivity index (χ0v) is 15.4. The molecule has 2 amide bonds. The zero-order chi connectivity index (χ0) is 19.3. The number of para-hydroxylation sites is 1. The van der Waals surface area contributed by atoms with E-state index >= 15 is 0 Å². The predicted octanol–water partition coefficient (Wildman–Crippen LogP) is 2.61. The van der Waals surface area contributed by atoms with Crippen LogP contribution >= 0.6 is 0 Å². The van der Waals surface area contributed by atoms with Crippen LogP contribution in [0.25, 0.3) is 5.69 Å². The summed E-state index contributed by atoms with van der Waals surface area (Å²) in [5.41, 5.74) is 8.46. The van der Waals surface area contributed by atoms with Gasteiger partial charge in [-0.15, -0.1) is 0 Å². The number of pyridine rings is 1. The van der Waals surface area contributed by atoms with Crippen LogP contribution in [0, 0.1) is 0 Å². The molecular weight excluding hydrogens is 354 g/mol. The number of hydrogen-bond donors (Lipinski definition) is 2. The Bertz CT molecular complexity index is 983. The number of nitrogens with one attached hydrogen (secondary N) is 2. The van der Waals surface area contributed by atoms with Gasteiger partial charge in [-0.2, -0.15) is 5.10 Å². The molecule has 0 bridgehead atoms. The Kier molecular flexibility index (Phi) is 5.14. The van der Waals surface area contributed by atoms with Crippen LogP contribution in [0.3, 0.4) is 0 Å². The largest absolute Gasteiger partial charge is 0.290 e. The number of hydrazine groups is 1. The van der Waals surface area contributed by atoms with Gasteiger partial charge in [-0.25, -0.2) is 4.68 Å². The number of fused-ring (bicyclic) bond motifs is 1. The van der Waals surface area contributed by atoms with Crippen LogP contribution < -0.4 is 10.9 Å². The minimum absolute atomic E-state index is 0.233. The molecule has 0 saturated carbocycles. The number of amides is 2. The molecule has 2 N–H and O–H groups in total. The number of hydrogen-bond acceptors (Lipinski definition) is 4. The van der Waals surface area contributed by atoms with E-state index in [2.05, 4.69) is 20.9 Å².